The molecule has 1 fully saturated rings. The van der Waals surface area contributed by atoms with E-state index in [9.17, 15) is 19.5 Å². The summed E-state index contributed by atoms with van der Waals surface area (Å²) in [6, 6.07) is 13.4. The minimum atomic E-state index is -0.886. The zero-order valence-corrected chi connectivity index (χ0v) is 22.5. The van der Waals surface area contributed by atoms with Gasteiger partial charge >= 0.3 is 0 Å². The van der Waals surface area contributed by atoms with Crippen molar-refractivity contribution in [3.8, 4) is 11.5 Å². The van der Waals surface area contributed by atoms with Crippen LogP contribution >= 0.6 is 0 Å². The first-order valence-corrected chi connectivity index (χ1v) is 13.5. The lowest BCUT2D eigenvalue weighted by Crippen LogP contribution is -2.56. The van der Waals surface area contributed by atoms with E-state index < -0.39 is 11.5 Å². The molecule has 3 aromatic rings. The highest BCUT2D eigenvalue weighted by Crippen LogP contribution is 2.37. The van der Waals surface area contributed by atoms with Crippen LogP contribution in [0, 0.1) is 5.41 Å². The van der Waals surface area contributed by atoms with Crippen LogP contribution in [0.4, 0.5) is 0 Å². The zero-order valence-electron chi connectivity index (χ0n) is 22.5. The fourth-order valence-electron chi connectivity index (χ4n) is 5.43. The van der Waals surface area contributed by atoms with Gasteiger partial charge in [0.2, 0.25) is 11.8 Å². The van der Waals surface area contributed by atoms with Crippen LogP contribution < -0.4 is 15.4 Å². The molecule has 2 aromatic carbocycles. The Morgan fingerprint density at radius 3 is 2.62 bits per heavy atom. The van der Waals surface area contributed by atoms with E-state index in [2.05, 4.69) is 20.9 Å². The molecular weight excluding hydrogens is 512 g/mol. The number of methoxy groups -OCH3 is 1. The summed E-state index contributed by atoms with van der Waals surface area (Å²) in [5, 5.41) is 24.9. The van der Waals surface area contributed by atoms with Crippen molar-refractivity contribution >= 4 is 17.7 Å². The monoisotopic (exact) mass is 546 g/mol. The number of phenols is 1. The van der Waals surface area contributed by atoms with Crippen molar-refractivity contribution in [2.75, 3.05) is 26.7 Å². The summed E-state index contributed by atoms with van der Waals surface area (Å²) < 4.78 is 6.86. The average molecular weight is 547 g/mol. The van der Waals surface area contributed by atoms with Gasteiger partial charge in [-0.05, 0) is 37.0 Å². The van der Waals surface area contributed by atoms with E-state index in [4.69, 9.17) is 4.74 Å². The highest BCUT2D eigenvalue weighted by Gasteiger charge is 2.44. The average Bonchev–Trinajstić information content (AvgIpc) is 3.41. The van der Waals surface area contributed by atoms with Crippen molar-refractivity contribution in [3.05, 3.63) is 71.5 Å². The molecule has 0 aliphatic carbocycles. The van der Waals surface area contributed by atoms with E-state index in [1.54, 1.807) is 15.6 Å². The minimum Gasteiger partial charge on any atom is -0.507 e. The summed E-state index contributed by atoms with van der Waals surface area (Å²) in [5.41, 5.74) is 0.935. The number of hydrogen-bond donors (Lipinski definition) is 3. The molecule has 3 amide bonds. The van der Waals surface area contributed by atoms with E-state index in [0.29, 0.717) is 69.7 Å². The van der Waals surface area contributed by atoms with E-state index in [0.717, 1.165) is 5.56 Å². The summed E-state index contributed by atoms with van der Waals surface area (Å²) in [7, 11) is 1.49. The predicted octanol–water partition coefficient (Wildman–Crippen LogP) is 1.70. The number of benzene rings is 2. The Balaban J connectivity index is 1.38. The number of amides is 3. The van der Waals surface area contributed by atoms with Gasteiger partial charge in [0, 0.05) is 51.3 Å². The Kier molecular flexibility index (Phi) is 7.99. The first-order valence-electron chi connectivity index (χ1n) is 13.5. The molecule has 3 heterocycles. The standard InChI is InChI=1S/C29H34N6O5/c1-40-22-8-9-23(25(36)17-22)27(38)34-14-10-29(11-15-34)18-21-19-35(33-32-21)13-5-12-30-26(37)24(31-28(29)39)16-20-6-3-2-4-7-20/h2-4,6-9,17,19,24,36H,5,10-16,18H2,1H3,(H,30,37)(H,31,39)/t24-/m0/s1. The number of nitrogens with zero attached hydrogens (tertiary/aromatic N) is 4. The lowest BCUT2D eigenvalue weighted by Gasteiger charge is -2.41. The number of aryl methyl sites for hydroxylation is 1. The third kappa shape index (κ3) is 5.93. The smallest absolute Gasteiger partial charge is 0.257 e. The summed E-state index contributed by atoms with van der Waals surface area (Å²) >= 11 is 0. The maximum atomic E-state index is 14.0. The molecule has 11 heteroatoms. The normalized spacial score (nSPS) is 19.5. The molecule has 0 unspecified atom stereocenters. The van der Waals surface area contributed by atoms with Gasteiger partial charge in [0.1, 0.15) is 17.5 Å². The fourth-order valence-corrected chi connectivity index (χ4v) is 5.43. The number of carbonyl (C=O) groups excluding carboxylic acids is 3. The molecule has 40 heavy (non-hydrogen) atoms. The second-order valence-corrected chi connectivity index (χ2v) is 10.5. The van der Waals surface area contributed by atoms with E-state index >= 15 is 0 Å². The van der Waals surface area contributed by atoms with Gasteiger partial charge in [-0.25, -0.2) is 0 Å². The molecule has 1 saturated heterocycles. The lowest BCUT2D eigenvalue weighted by atomic mass is 9.73. The first-order chi connectivity index (χ1) is 19.4. The van der Waals surface area contributed by atoms with Gasteiger partial charge in [0.05, 0.1) is 23.8 Å². The number of aromatic hydroxyl groups is 1. The molecule has 0 saturated carbocycles. The topological polar surface area (TPSA) is 139 Å². The molecule has 1 aromatic heterocycles. The maximum Gasteiger partial charge on any atom is 0.257 e. The Morgan fingerprint density at radius 1 is 1.12 bits per heavy atom. The second-order valence-electron chi connectivity index (χ2n) is 10.5. The number of nitrogens with one attached hydrogen (secondary N) is 2. The number of rotatable bonds is 4. The Labute approximate surface area is 232 Å². The van der Waals surface area contributed by atoms with Gasteiger partial charge in [-0.3, -0.25) is 19.1 Å². The number of carbonyl (C=O) groups is 3. The van der Waals surface area contributed by atoms with Gasteiger partial charge in [0.25, 0.3) is 5.91 Å². The molecule has 3 N–H and O–H groups in total. The number of fused-ring (bicyclic) bond motifs is 2. The van der Waals surface area contributed by atoms with E-state index in [1.807, 2.05) is 36.5 Å². The molecule has 2 aliphatic rings. The van der Waals surface area contributed by atoms with E-state index in [1.165, 1.54) is 19.2 Å². The Bertz CT molecular complexity index is 1370. The van der Waals surface area contributed by atoms with Crippen molar-refractivity contribution in [1.29, 1.82) is 0 Å². The molecule has 5 rings (SSSR count). The number of likely N-dealkylation sites (tertiary alicyclic amines) is 1. The van der Waals surface area contributed by atoms with Gasteiger partial charge in [-0.15, -0.1) is 5.10 Å². The van der Waals surface area contributed by atoms with Crippen LogP contribution in [0.25, 0.3) is 0 Å². The van der Waals surface area contributed by atoms with Gasteiger partial charge in [0.15, 0.2) is 0 Å². The van der Waals surface area contributed by atoms with Crippen molar-refractivity contribution in [3.63, 3.8) is 0 Å². The Hall–Kier alpha value is -4.41. The zero-order chi connectivity index (χ0) is 28.1. The van der Waals surface area contributed by atoms with Crippen LogP contribution in [0.5, 0.6) is 11.5 Å². The van der Waals surface area contributed by atoms with Crippen molar-refractivity contribution in [2.45, 2.75) is 44.7 Å². The molecule has 1 spiro atoms. The fraction of sp³-hybridized carbons (Fsp3) is 0.414. The van der Waals surface area contributed by atoms with Gasteiger partial charge < -0.3 is 25.4 Å². The van der Waals surface area contributed by atoms with Crippen molar-refractivity contribution in [1.82, 2.24) is 30.5 Å². The van der Waals surface area contributed by atoms with Crippen LogP contribution in [0.1, 0.15) is 40.9 Å². The third-order valence-electron chi connectivity index (χ3n) is 7.80. The van der Waals surface area contributed by atoms with E-state index in [-0.39, 0.29) is 29.0 Å². The molecule has 11 nitrogen and oxygen atoms in total. The van der Waals surface area contributed by atoms with Crippen LogP contribution in [0.15, 0.2) is 54.7 Å². The summed E-state index contributed by atoms with van der Waals surface area (Å²) in [4.78, 5) is 42.1. The van der Waals surface area contributed by atoms with Gasteiger partial charge in [-0.1, -0.05) is 35.5 Å². The minimum absolute atomic E-state index is 0.157. The van der Waals surface area contributed by atoms with Crippen LogP contribution in [0.2, 0.25) is 0 Å². The summed E-state index contributed by atoms with van der Waals surface area (Å²) in [6.07, 6.45) is 3.98. The number of phenolic OH excluding ortho intramolecular Hbond substituents is 1. The Morgan fingerprint density at radius 2 is 1.90 bits per heavy atom. The molecule has 2 aliphatic heterocycles. The molecule has 0 radical (unpaired) electrons. The quantitative estimate of drug-likeness (QED) is 0.453. The number of aromatic nitrogens is 3. The lowest BCUT2D eigenvalue weighted by molar-refractivity contribution is -0.137. The van der Waals surface area contributed by atoms with Crippen LogP contribution in [0.3, 0.4) is 0 Å². The highest BCUT2D eigenvalue weighted by atomic mass is 16.5. The number of piperidine rings is 1. The van der Waals surface area contributed by atoms with Crippen molar-refractivity contribution in [2.24, 2.45) is 5.41 Å². The molecule has 2 bridgehead atoms. The molecular formula is C29H34N6O5. The SMILES string of the molecule is COc1ccc(C(=O)N2CCC3(CC2)Cc2cn(nn2)CCCNC(=O)[C@H](Cc2ccccc2)NC3=O)c(O)c1. The molecule has 210 valence electrons. The summed E-state index contributed by atoms with van der Waals surface area (Å²) in [6.45, 7) is 1.66. The number of ether oxygens (including phenoxy) is 1. The first kappa shape index (κ1) is 27.2. The van der Waals surface area contributed by atoms with Crippen LogP contribution in [-0.4, -0.2) is 75.5 Å². The summed E-state index contributed by atoms with van der Waals surface area (Å²) in [5.74, 6) is -0.484. The molecule has 1 atom stereocenters. The van der Waals surface area contributed by atoms with Crippen LogP contribution in [-0.2, 0) is 29.0 Å². The largest absolute Gasteiger partial charge is 0.507 e. The maximum absolute atomic E-state index is 14.0. The number of hydrogen-bond acceptors (Lipinski definition) is 7. The van der Waals surface area contributed by atoms with Crippen molar-refractivity contribution < 1.29 is 24.2 Å². The van der Waals surface area contributed by atoms with Gasteiger partial charge in [-0.2, -0.15) is 0 Å². The highest BCUT2D eigenvalue weighted by molar-refractivity contribution is 5.97. The second kappa shape index (κ2) is 11.8. The predicted molar refractivity (Wildman–Crippen MR) is 146 cm³/mol. The third-order valence-corrected chi connectivity index (χ3v) is 7.80.